The van der Waals surface area contributed by atoms with Gasteiger partial charge in [-0.25, -0.2) is 0 Å². The number of benzene rings is 1. The summed E-state index contributed by atoms with van der Waals surface area (Å²) >= 11 is 0. The quantitative estimate of drug-likeness (QED) is 0.571. The first-order chi connectivity index (χ1) is 6.75. The van der Waals surface area contributed by atoms with Crippen molar-refractivity contribution in [3.63, 3.8) is 0 Å². The topological polar surface area (TPSA) is 23.5 Å². The maximum absolute atomic E-state index is 9.49. The van der Waals surface area contributed by atoms with Gasteiger partial charge in [0.1, 0.15) is 0 Å². The van der Waals surface area contributed by atoms with E-state index in [0.717, 1.165) is 18.4 Å². The van der Waals surface area contributed by atoms with Crippen LogP contribution in [-0.4, -0.2) is 17.3 Å². The molecule has 0 spiro atoms. The fraction of sp³-hybridized carbons (Fsp3) is 0.333. The zero-order valence-electron chi connectivity index (χ0n) is 8.56. The van der Waals surface area contributed by atoms with E-state index in [0.29, 0.717) is 0 Å². The molecular formula is C12H17NO. The van der Waals surface area contributed by atoms with Gasteiger partial charge in [-0.1, -0.05) is 36.4 Å². The van der Waals surface area contributed by atoms with Gasteiger partial charge in [-0.2, -0.15) is 5.06 Å². The summed E-state index contributed by atoms with van der Waals surface area (Å²) in [6.45, 7) is 3.69. The predicted octanol–water partition coefficient (Wildman–Crippen LogP) is 3.01. The molecule has 0 fully saturated rings. The van der Waals surface area contributed by atoms with Gasteiger partial charge in [0.25, 0.3) is 0 Å². The molecule has 0 bridgehead atoms. The van der Waals surface area contributed by atoms with E-state index < -0.39 is 0 Å². The molecule has 1 aromatic rings. The Labute approximate surface area is 85.4 Å². The molecule has 0 amide bonds. The first-order valence-electron chi connectivity index (χ1n) is 4.83. The Bertz CT molecular complexity index is 269. The third-order valence-electron chi connectivity index (χ3n) is 2.28. The molecule has 1 rings (SSSR count). The summed E-state index contributed by atoms with van der Waals surface area (Å²) < 4.78 is 0. The maximum Gasteiger partial charge on any atom is 0.0599 e. The van der Waals surface area contributed by atoms with Crippen LogP contribution < -0.4 is 0 Å². The molecule has 2 nitrogen and oxygen atoms in total. The van der Waals surface area contributed by atoms with Crippen LogP contribution in [0.1, 0.15) is 24.4 Å². The summed E-state index contributed by atoms with van der Waals surface area (Å²) in [5.41, 5.74) is 1.14. The van der Waals surface area contributed by atoms with Crippen LogP contribution in [0.3, 0.4) is 0 Å². The Balaban J connectivity index is 2.72. The van der Waals surface area contributed by atoms with E-state index >= 15 is 0 Å². The van der Waals surface area contributed by atoms with Gasteiger partial charge in [0.05, 0.1) is 6.04 Å². The van der Waals surface area contributed by atoms with E-state index in [2.05, 4.69) is 6.58 Å². The summed E-state index contributed by atoms with van der Waals surface area (Å²) in [7, 11) is 1.68. The molecule has 2 heteroatoms. The molecule has 0 aliphatic rings. The van der Waals surface area contributed by atoms with Gasteiger partial charge in [0.15, 0.2) is 0 Å². The zero-order valence-corrected chi connectivity index (χ0v) is 8.56. The van der Waals surface area contributed by atoms with Crippen LogP contribution in [0, 0.1) is 0 Å². The minimum absolute atomic E-state index is 0.0641. The van der Waals surface area contributed by atoms with Crippen molar-refractivity contribution in [2.45, 2.75) is 18.9 Å². The molecule has 0 aromatic heterocycles. The normalized spacial score (nSPS) is 12.8. The van der Waals surface area contributed by atoms with Crippen LogP contribution in [0.5, 0.6) is 0 Å². The van der Waals surface area contributed by atoms with Gasteiger partial charge in [0.2, 0.25) is 0 Å². The molecule has 1 N–H and O–H groups in total. The molecule has 1 aromatic carbocycles. The van der Waals surface area contributed by atoms with Gasteiger partial charge in [-0.05, 0) is 18.4 Å². The molecular weight excluding hydrogens is 174 g/mol. The SMILES string of the molecule is C=CCCC(c1ccccc1)N(C)O. The van der Waals surface area contributed by atoms with Crippen molar-refractivity contribution in [1.29, 1.82) is 0 Å². The Morgan fingerprint density at radius 1 is 1.43 bits per heavy atom. The van der Waals surface area contributed by atoms with Crippen molar-refractivity contribution in [3.8, 4) is 0 Å². The highest BCUT2D eigenvalue weighted by Gasteiger charge is 2.13. The van der Waals surface area contributed by atoms with Gasteiger partial charge in [-0.3, -0.25) is 0 Å². The van der Waals surface area contributed by atoms with Crippen LogP contribution >= 0.6 is 0 Å². The molecule has 1 unspecified atom stereocenters. The highest BCUT2D eigenvalue weighted by molar-refractivity contribution is 5.18. The summed E-state index contributed by atoms with van der Waals surface area (Å²) in [6.07, 6.45) is 3.67. The first kappa shape index (κ1) is 11.0. The van der Waals surface area contributed by atoms with Crippen LogP contribution in [0.15, 0.2) is 43.0 Å². The van der Waals surface area contributed by atoms with E-state index in [1.807, 2.05) is 36.4 Å². The molecule has 0 aliphatic heterocycles. The third-order valence-corrected chi connectivity index (χ3v) is 2.28. The average molecular weight is 191 g/mol. The molecule has 0 radical (unpaired) electrons. The molecule has 0 aliphatic carbocycles. The predicted molar refractivity (Wildman–Crippen MR) is 58.2 cm³/mol. The lowest BCUT2D eigenvalue weighted by Crippen LogP contribution is -2.20. The summed E-state index contributed by atoms with van der Waals surface area (Å²) in [5.74, 6) is 0. The van der Waals surface area contributed by atoms with Gasteiger partial charge < -0.3 is 5.21 Å². The molecule has 0 saturated heterocycles. The van der Waals surface area contributed by atoms with E-state index in [4.69, 9.17) is 0 Å². The minimum atomic E-state index is 0.0641. The molecule has 0 heterocycles. The van der Waals surface area contributed by atoms with Gasteiger partial charge >= 0.3 is 0 Å². The average Bonchev–Trinajstić information content (AvgIpc) is 2.19. The van der Waals surface area contributed by atoms with Crippen molar-refractivity contribution in [3.05, 3.63) is 48.6 Å². The standard InChI is InChI=1S/C12H17NO/c1-3-4-10-12(13(2)14)11-8-6-5-7-9-11/h3,5-9,12,14H,1,4,10H2,2H3. The lowest BCUT2D eigenvalue weighted by atomic mass is 10.0. The van der Waals surface area contributed by atoms with Crippen molar-refractivity contribution in [2.24, 2.45) is 0 Å². The number of rotatable bonds is 5. The molecule has 14 heavy (non-hydrogen) atoms. The summed E-state index contributed by atoms with van der Waals surface area (Å²) in [5, 5.41) is 10.8. The Kier molecular flexibility index (Phi) is 4.36. The van der Waals surface area contributed by atoms with Crippen molar-refractivity contribution >= 4 is 0 Å². The second-order valence-corrected chi connectivity index (χ2v) is 3.37. The van der Waals surface area contributed by atoms with Gasteiger partial charge in [0, 0.05) is 7.05 Å². The second-order valence-electron chi connectivity index (χ2n) is 3.37. The van der Waals surface area contributed by atoms with Crippen molar-refractivity contribution in [2.75, 3.05) is 7.05 Å². The number of allylic oxidation sites excluding steroid dienone is 1. The Morgan fingerprint density at radius 2 is 2.07 bits per heavy atom. The maximum atomic E-state index is 9.49. The van der Waals surface area contributed by atoms with E-state index in [1.165, 1.54) is 5.06 Å². The van der Waals surface area contributed by atoms with Crippen LogP contribution in [0.4, 0.5) is 0 Å². The highest BCUT2D eigenvalue weighted by atomic mass is 16.5. The highest BCUT2D eigenvalue weighted by Crippen LogP contribution is 2.22. The van der Waals surface area contributed by atoms with E-state index in [-0.39, 0.29) is 6.04 Å². The first-order valence-corrected chi connectivity index (χ1v) is 4.83. The lowest BCUT2D eigenvalue weighted by molar-refractivity contribution is -0.106. The monoisotopic (exact) mass is 191 g/mol. The number of hydrogen-bond donors (Lipinski definition) is 1. The van der Waals surface area contributed by atoms with E-state index in [9.17, 15) is 5.21 Å². The smallest absolute Gasteiger partial charge is 0.0599 e. The molecule has 0 saturated carbocycles. The van der Waals surface area contributed by atoms with Crippen molar-refractivity contribution in [1.82, 2.24) is 5.06 Å². The fourth-order valence-corrected chi connectivity index (χ4v) is 1.52. The summed E-state index contributed by atoms with van der Waals surface area (Å²) in [6, 6.07) is 10.1. The Morgan fingerprint density at radius 3 is 2.57 bits per heavy atom. The zero-order chi connectivity index (χ0) is 10.4. The van der Waals surface area contributed by atoms with Crippen LogP contribution in [0.25, 0.3) is 0 Å². The number of hydroxylamine groups is 2. The second kappa shape index (κ2) is 5.58. The van der Waals surface area contributed by atoms with Crippen LogP contribution in [0.2, 0.25) is 0 Å². The summed E-state index contributed by atoms with van der Waals surface area (Å²) in [4.78, 5) is 0. The fourth-order valence-electron chi connectivity index (χ4n) is 1.52. The lowest BCUT2D eigenvalue weighted by Gasteiger charge is -2.22. The number of hydrogen-bond acceptors (Lipinski definition) is 2. The van der Waals surface area contributed by atoms with Crippen molar-refractivity contribution < 1.29 is 5.21 Å². The minimum Gasteiger partial charge on any atom is -0.314 e. The molecule has 1 atom stereocenters. The number of nitrogens with zero attached hydrogens (tertiary/aromatic N) is 1. The van der Waals surface area contributed by atoms with Gasteiger partial charge in [-0.15, -0.1) is 6.58 Å². The van der Waals surface area contributed by atoms with Crippen LogP contribution in [-0.2, 0) is 0 Å². The third kappa shape index (κ3) is 2.98. The van der Waals surface area contributed by atoms with E-state index in [1.54, 1.807) is 7.05 Å². The molecule has 76 valence electrons. The largest absolute Gasteiger partial charge is 0.314 e. The Hall–Kier alpha value is -1.12.